The summed E-state index contributed by atoms with van der Waals surface area (Å²) in [4.78, 5) is 0. The second-order valence-electron chi connectivity index (χ2n) is 3.02. The van der Waals surface area contributed by atoms with E-state index in [9.17, 15) is 0 Å². The molecule has 7 atom stereocenters. The van der Waals surface area contributed by atoms with Crippen molar-refractivity contribution < 1.29 is 0 Å². The lowest BCUT2D eigenvalue weighted by Gasteiger charge is -2.14. The summed E-state index contributed by atoms with van der Waals surface area (Å²) in [5, 5.41) is 0. The van der Waals surface area contributed by atoms with Crippen LogP contribution in [0.3, 0.4) is 0 Å². The molecule has 0 nitrogen and oxygen atoms in total. The Labute approximate surface area is 83.9 Å². The van der Waals surface area contributed by atoms with Crippen LogP contribution < -0.4 is 0 Å². The molecule has 0 aliphatic carbocycles. The zero-order valence-corrected chi connectivity index (χ0v) is 15.2. The van der Waals surface area contributed by atoms with Crippen LogP contribution in [0.1, 0.15) is 0 Å². The molecular formula is C3H17P7Si. The molecule has 0 heterocycles. The topological polar surface area (TPSA) is 0 Å². The molecule has 0 N–H and O–H groups in total. The molecule has 0 aliphatic rings. The van der Waals surface area contributed by atoms with Crippen LogP contribution in [0.25, 0.3) is 0 Å². The van der Waals surface area contributed by atoms with Gasteiger partial charge in [-0.05, 0) is 0 Å². The molecule has 0 aromatic carbocycles. The van der Waals surface area contributed by atoms with Gasteiger partial charge in [0.25, 0.3) is 0 Å². The van der Waals surface area contributed by atoms with Crippen molar-refractivity contribution in [1.82, 2.24) is 0 Å². The number of rotatable bonds is 6. The highest BCUT2D eigenvalue weighted by Gasteiger charge is 2.11. The molecule has 0 aromatic heterocycles. The first-order valence-corrected chi connectivity index (χ1v) is 20.6. The summed E-state index contributed by atoms with van der Waals surface area (Å²) in [6.45, 7) is 7.48. The SMILES string of the molecule is C[Si](C)(C)PPPPPPP. The second kappa shape index (κ2) is 8.53. The van der Waals surface area contributed by atoms with Crippen molar-refractivity contribution in [3.8, 4) is 0 Å². The Kier molecular flexibility index (Phi) is 11.0. The summed E-state index contributed by atoms with van der Waals surface area (Å²) < 4.78 is 0. The minimum atomic E-state index is -0.666. The maximum Gasteiger partial charge on any atom is 0.0735 e. The minimum absolute atomic E-state index is 0.666. The Bertz CT molecular complexity index is 90.2. The Balaban J connectivity index is 3.02. The third-order valence-electron chi connectivity index (χ3n) is 0.697. The van der Waals surface area contributed by atoms with Crippen molar-refractivity contribution in [3.63, 3.8) is 0 Å². The van der Waals surface area contributed by atoms with Crippen LogP contribution in [-0.2, 0) is 0 Å². The molecule has 0 aliphatic heterocycles. The molecule has 8 heteroatoms. The van der Waals surface area contributed by atoms with E-state index in [2.05, 4.69) is 28.6 Å². The molecule has 7 unspecified atom stereocenters. The van der Waals surface area contributed by atoms with Gasteiger partial charge in [-0.1, -0.05) is 59.4 Å². The number of hydrogen-bond acceptors (Lipinski definition) is 0. The van der Waals surface area contributed by atoms with E-state index in [0.717, 1.165) is 7.96 Å². The maximum atomic E-state index is 2.85. The Morgan fingerprint density at radius 1 is 0.909 bits per heavy atom. The largest absolute Gasteiger partial charge is 0.110 e. The van der Waals surface area contributed by atoms with Crippen LogP contribution in [0.5, 0.6) is 0 Å². The van der Waals surface area contributed by atoms with E-state index in [1.54, 1.807) is 0 Å². The predicted octanol–water partition coefficient (Wildman–Crippen LogP) is 5.26. The molecule has 0 spiro atoms. The van der Waals surface area contributed by atoms with Crippen LogP contribution in [0.15, 0.2) is 0 Å². The quantitative estimate of drug-likeness (QED) is 0.356. The maximum absolute atomic E-state index is 2.85. The molecule has 68 valence electrons. The van der Waals surface area contributed by atoms with Crippen molar-refractivity contribution in [2.24, 2.45) is 0 Å². The van der Waals surface area contributed by atoms with E-state index in [1.807, 2.05) is 0 Å². The van der Waals surface area contributed by atoms with Gasteiger partial charge in [0.1, 0.15) is 0 Å². The lowest BCUT2D eigenvalue weighted by Crippen LogP contribution is -2.08. The fraction of sp³-hybridized carbons (Fsp3) is 1.00. The van der Waals surface area contributed by atoms with Crippen LogP contribution in [0.4, 0.5) is 0 Å². The molecule has 0 bridgehead atoms. The molecular weight excluding hydrogens is 281 g/mol. The van der Waals surface area contributed by atoms with E-state index in [1.165, 1.54) is 39.6 Å². The smallest absolute Gasteiger partial charge is 0.0735 e. The highest BCUT2D eigenvalue weighted by Crippen LogP contribution is 2.74. The van der Waals surface area contributed by atoms with E-state index in [0.29, 0.717) is 0 Å². The molecule has 0 aromatic rings. The van der Waals surface area contributed by atoms with Gasteiger partial charge in [0.05, 0.1) is 7.74 Å². The van der Waals surface area contributed by atoms with Crippen molar-refractivity contribution in [2.45, 2.75) is 19.6 Å². The van der Waals surface area contributed by atoms with Gasteiger partial charge < -0.3 is 0 Å². The van der Waals surface area contributed by atoms with Gasteiger partial charge in [-0.25, -0.2) is 0 Å². The van der Waals surface area contributed by atoms with Crippen LogP contribution in [0.2, 0.25) is 19.6 Å². The lowest BCUT2D eigenvalue weighted by molar-refractivity contribution is 1.88. The summed E-state index contributed by atoms with van der Waals surface area (Å²) >= 11 is 0. The van der Waals surface area contributed by atoms with Gasteiger partial charge >= 0.3 is 0 Å². The van der Waals surface area contributed by atoms with E-state index >= 15 is 0 Å². The third kappa shape index (κ3) is 13.2. The van der Waals surface area contributed by atoms with Gasteiger partial charge in [0, 0.05) is 0 Å². The molecule has 0 amide bonds. The van der Waals surface area contributed by atoms with Crippen LogP contribution in [0, 0.1) is 0 Å². The van der Waals surface area contributed by atoms with Gasteiger partial charge in [-0.3, -0.25) is 0 Å². The highest BCUT2D eigenvalue weighted by molar-refractivity contribution is 8.79. The van der Waals surface area contributed by atoms with E-state index < -0.39 is 7.74 Å². The Hall–Kier alpha value is 3.23. The van der Waals surface area contributed by atoms with Crippen molar-refractivity contribution in [2.75, 3.05) is 0 Å². The van der Waals surface area contributed by atoms with Gasteiger partial charge in [0.15, 0.2) is 0 Å². The standard InChI is InChI=1S/C3H17P7Si/c1-11(2,3)10-9-8-7-6-5-4/h5-10H,4H2,1-3H3. The highest BCUT2D eigenvalue weighted by atomic mass is 32.8. The molecule has 0 fully saturated rings. The van der Waals surface area contributed by atoms with E-state index in [-0.39, 0.29) is 0 Å². The lowest BCUT2D eigenvalue weighted by atomic mass is 11.8. The minimum Gasteiger partial charge on any atom is -0.110 e. The average molecular weight is 298 g/mol. The summed E-state index contributed by atoms with van der Waals surface area (Å²) in [6.07, 6.45) is 0. The Morgan fingerprint density at radius 2 is 1.45 bits per heavy atom. The Morgan fingerprint density at radius 3 is 1.91 bits per heavy atom. The molecule has 0 radical (unpaired) electrons. The third-order valence-corrected chi connectivity index (χ3v) is 36.2. The van der Waals surface area contributed by atoms with Crippen LogP contribution >= 0.6 is 56.5 Å². The van der Waals surface area contributed by atoms with Crippen molar-refractivity contribution in [1.29, 1.82) is 0 Å². The van der Waals surface area contributed by atoms with Crippen molar-refractivity contribution in [3.05, 3.63) is 0 Å². The fourth-order valence-electron chi connectivity index (χ4n) is 0.317. The van der Waals surface area contributed by atoms with Gasteiger partial charge in [-0.15, -0.1) is 16.7 Å². The zero-order chi connectivity index (χ0) is 8.74. The molecule has 0 saturated carbocycles. The first-order valence-electron chi connectivity index (χ1n) is 3.29. The van der Waals surface area contributed by atoms with Crippen LogP contribution in [-0.4, -0.2) is 7.74 Å². The first-order chi connectivity index (χ1) is 5.06. The molecule has 11 heavy (non-hydrogen) atoms. The predicted molar refractivity (Wildman–Crippen MR) is 82.9 cm³/mol. The monoisotopic (exact) mass is 298 g/mol. The van der Waals surface area contributed by atoms with Gasteiger partial charge in [-0.2, -0.15) is 0 Å². The zero-order valence-electron chi connectivity index (χ0n) is 7.08. The summed E-state index contributed by atoms with van der Waals surface area (Å²) in [6, 6.07) is 0. The normalized spacial score (nSPS) is 18.5. The molecule has 0 saturated heterocycles. The summed E-state index contributed by atoms with van der Waals surface area (Å²) in [7, 11) is 9.89. The molecule has 0 rings (SSSR count). The first kappa shape index (κ1) is 14.2. The van der Waals surface area contributed by atoms with E-state index in [4.69, 9.17) is 0 Å². The van der Waals surface area contributed by atoms with Gasteiger partial charge in [0.2, 0.25) is 0 Å². The van der Waals surface area contributed by atoms with Crippen molar-refractivity contribution >= 4 is 64.3 Å². The summed E-state index contributed by atoms with van der Waals surface area (Å²) in [5.41, 5.74) is 0. The number of hydrogen-bond donors (Lipinski definition) is 0. The summed E-state index contributed by atoms with van der Waals surface area (Å²) in [5.74, 6) is 0. The average Bonchev–Trinajstić information content (AvgIpc) is 1.85. The second-order valence-corrected chi connectivity index (χ2v) is 32.0. The fourth-order valence-corrected chi connectivity index (χ4v) is 46.7.